The Kier molecular flexibility index (Phi) is 7.39. The number of nitrogens with two attached hydrogens (primary N) is 2. The molecule has 236 valence electrons. The largest absolute Gasteiger partial charge is 0.472 e. The van der Waals surface area contributed by atoms with Gasteiger partial charge in [-0.3, -0.25) is 22.7 Å². The summed E-state index contributed by atoms with van der Waals surface area (Å²) in [7, 11) is -5.05. The van der Waals surface area contributed by atoms with E-state index in [9.17, 15) is 19.5 Å². The number of phosphoric ester groups is 1. The van der Waals surface area contributed by atoms with Crippen LogP contribution in [0.15, 0.2) is 25.3 Å². The number of aromatic nitrogens is 8. The van der Waals surface area contributed by atoms with Crippen LogP contribution in [0, 0.1) is 0 Å². The number of rotatable bonds is 2. The molecule has 10 atom stereocenters. The van der Waals surface area contributed by atoms with Gasteiger partial charge in [-0.2, -0.15) is 0 Å². The first-order chi connectivity index (χ1) is 20.9. The summed E-state index contributed by atoms with van der Waals surface area (Å²) in [6.45, 7) is -5.66. The Morgan fingerprint density at radius 1 is 0.841 bits per heavy atom. The maximum atomic E-state index is 15.9. The minimum atomic E-state index is -5.05. The molecular weight excluding hydrogens is 653 g/mol. The number of nitrogens with zero attached hydrogens (tertiary/aromatic N) is 8. The van der Waals surface area contributed by atoms with E-state index in [2.05, 4.69) is 29.9 Å². The van der Waals surface area contributed by atoms with Crippen molar-refractivity contribution < 1.29 is 51.4 Å². The standard InChI is InChI=1S/C20H23FN10O10P2S/c21-9-13-8(39-19(9)30-5-28-10-15(22)24-3-26-17(10)30)2-37-43(35,44)41-14-12(32)7(1-36-42(33,34)40-13)38-20(14)31-6-29-11-16(23)25-4-27-18(11)31/h3-9,12-14,19-20,32H,1-2H2,(H,33,34)(H,35,44)(H2,22,24,26)(H2,23,25,27)/t7?,8-,9?,12?,13?,14?,19?,20?,43?/m1/s1. The number of imidazole rings is 2. The molecule has 3 saturated heterocycles. The average molecular weight is 676 g/mol. The van der Waals surface area contributed by atoms with Gasteiger partial charge >= 0.3 is 14.5 Å². The lowest BCUT2D eigenvalue weighted by Crippen LogP contribution is -2.35. The van der Waals surface area contributed by atoms with Crippen molar-refractivity contribution in [3.8, 4) is 0 Å². The Morgan fingerprint density at radius 2 is 1.41 bits per heavy atom. The molecule has 2 bridgehead atoms. The Balaban J connectivity index is 1.20. The molecular formula is C20H23FN10O10P2S. The molecule has 9 unspecified atom stereocenters. The van der Waals surface area contributed by atoms with Crippen LogP contribution >= 0.6 is 14.5 Å². The minimum Gasteiger partial charge on any atom is -0.387 e. The van der Waals surface area contributed by atoms with Crippen molar-refractivity contribution in [1.29, 1.82) is 0 Å². The highest BCUT2D eigenvalue weighted by molar-refractivity contribution is 8.07. The van der Waals surface area contributed by atoms with Crippen molar-refractivity contribution in [1.82, 2.24) is 39.0 Å². The Bertz CT molecular complexity index is 1830. The number of ether oxygens (including phenoxy) is 2. The van der Waals surface area contributed by atoms with Crippen molar-refractivity contribution >= 4 is 60.3 Å². The molecule has 4 aromatic heterocycles. The molecule has 0 aromatic carbocycles. The molecule has 0 aliphatic carbocycles. The summed E-state index contributed by atoms with van der Waals surface area (Å²) in [6.07, 6.45) is -7.61. The van der Waals surface area contributed by atoms with E-state index >= 15 is 4.39 Å². The zero-order valence-electron chi connectivity index (χ0n) is 22.0. The molecule has 0 spiro atoms. The zero-order chi connectivity index (χ0) is 31.0. The van der Waals surface area contributed by atoms with Gasteiger partial charge in [-0.25, -0.2) is 38.9 Å². The Labute approximate surface area is 249 Å². The maximum absolute atomic E-state index is 15.9. The predicted octanol–water partition coefficient (Wildman–Crippen LogP) is -0.541. The second-order valence-corrected chi connectivity index (χ2v) is 14.1. The van der Waals surface area contributed by atoms with E-state index in [4.69, 9.17) is 50.8 Å². The first-order valence-corrected chi connectivity index (χ1v) is 16.8. The van der Waals surface area contributed by atoms with E-state index in [1.807, 2.05) is 0 Å². The number of aliphatic hydroxyl groups excluding tert-OH is 1. The van der Waals surface area contributed by atoms with Gasteiger partial charge in [0.25, 0.3) is 0 Å². The molecule has 7 N–H and O–H groups in total. The van der Waals surface area contributed by atoms with E-state index in [0.29, 0.717) is 0 Å². The second kappa shape index (κ2) is 10.9. The molecule has 3 aliphatic rings. The van der Waals surface area contributed by atoms with Gasteiger partial charge < -0.3 is 40.4 Å². The number of nitrogen functional groups attached to an aromatic ring is 2. The second-order valence-electron chi connectivity index (χ2n) is 9.90. The SMILES string of the molecule is Nc1ncnc2c1ncn2C1O[C@@H]2COP(O)(=S)OC3C(O)C(COP(=O)(O)OC2C1F)OC3n1cnc2c(N)ncnc21. The molecule has 7 rings (SSSR count). The van der Waals surface area contributed by atoms with Crippen LogP contribution in [-0.4, -0.2) is 104 Å². The van der Waals surface area contributed by atoms with Crippen molar-refractivity contribution in [2.24, 2.45) is 0 Å². The number of aliphatic hydroxyl groups is 1. The van der Waals surface area contributed by atoms with Crippen LogP contribution in [0.2, 0.25) is 0 Å². The van der Waals surface area contributed by atoms with Crippen molar-refractivity contribution in [3.05, 3.63) is 25.3 Å². The fraction of sp³-hybridized carbons (Fsp3) is 0.500. The van der Waals surface area contributed by atoms with Crippen molar-refractivity contribution in [2.45, 2.75) is 49.1 Å². The fourth-order valence-corrected chi connectivity index (χ4v) is 7.56. The van der Waals surface area contributed by atoms with E-state index in [-0.39, 0.29) is 34.0 Å². The maximum Gasteiger partial charge on any atom is 0.472 e. The third kappa shape index (κ3) is 5.15. The van der Waals surface area contributed by atoms with Crippen LogP contribution < -0.4 is 11.5 Å². The number of halogens is 1. The van der Waals surface area contributed by atoms with Crippen molar-refractivity contribution in [3.63, 3.8) is 0 Å². The van der Waals surface area contributed by atoms with E-state index in [1.165, 1.54) is 28.1 Å². The van der Waals surface area contributed by atoms with Crippen LogP contribution in [0.5, 0.6) is 0 Å². The van der Waals surface area contributed by atoms with Gasteiger partial charge in [0, 0.05) is 0 Å². The highest BCUT2D eigenvalue weighted by Gasteiger charge is 2.54. The van der Waals surface area contributed by atoms with Crippen LogP contribution in [-0.2, 0) is 43.9 Å². The average Bonchev–Trinajstić information content (AvgIpc) is 3.73. The van der Waals surface area contributed by atoms with Crippen LogP contribution in [0.25, 0.3) is 22.3 Å². The van der Waals surface area contributed by atoms with Crippen LogP contribution in [0.3, 0.4) is 0 Å². The Hall–Kier alpha value is -2.85. The normalized spacial score (nSPS) is 38.3. The van der Waals surface area contributed by atoms with Gasteiger partial charge in [0.15, 0.2) is 41.6 Å². The summed E-state index contributed by atoms with van der Waals surface area (Å²) >= 11 is 5.21. The molecule has 0 radical (unpaired) electrons. The lowest BCUT2D eigenvalue weighted by atomic mass is 10.1. The lowest BCUT2D eigenvalue weighted by Gasteiger charge is -2.27. The summed E-state index contributed by atoms with van der Waals surface area (Å²) in [5.74, 6) is 0.101. The lowest BCUT2D eigenvalue weighted by molar-refractivity contribution is -0.0635. The molecule has 20 nitrogen and oxygen atoms in total. The summed E-state index contributed by atoms with van der Waals surface area (Å²) < 4.78 is 64.7. The number of alkyl halides is 1. The summed E-state index contributed by atoms with van der Waals surface area (Å²) in [6, 6.07) is 0. The molecule has 0 saturated carbocycles. The fourth-order valence-electron chi connectivity index (χ4n) is 5.19. The van der Waals surface area contributed by atoms with Crippen LogP contribution in [0.4, 0.5) is 16.0 Å². The number of phosphoric acid groups is 1. The zero-order valence-corrected chi connectivity index (χ0v) is 24.6. The molecule has 24 heteroatoms. The number of hydrogen-bond donors (Lipinski definition) is 5. The van der Waals surface area contributed by atoms with Gasteiger partial charge in [-0.05, 0) is 11.8 Å². The van der Waals surface area contributed by atoms with Gasteiger partial charge in [-0.1, -0.05) is 0 Å². The van der Waals surface area contributed by atoms with Crippen molar-refractivity contribution in [2.75, 3.05) is 24.7 Å². The first-order valence-electron chi connectivity index (χ1n) is 12.7. The van der Waals surface area contributed by atoms with Gasteiger partial charge in [0.05, 0.1) is 25.9 Å². The Morgan fingerprint density at radius 3 is 2.05 bits per heavy atom. The van der Waals surface area contributed by atoms with E-state index in [0.717, 1.165) is 6.33 Å². The summed E-state index contributed by atoms with van der Waals surface area (Å²) in [5.41, 5.74) is 12.4. The third-order valence-electron chi connectivity index (χ3n) is 7.22. The topological polar surface area (TPSA) is 272 Å². The number of anilines is 2. The molecule has 7 heterocycles. The first kappa shape index (κ1) is 29.8. The molecule has 44 heavy (non-hydrogen) atoms. The quantitative estimate of drug-likeness (QED) is 0.167. The summed E-state index contributed by atoms with van der Waals surface area (Å²) in [5, 5.41) is 11.1. The summed E-state index contributed by atoms with van der Waals surface area (Å²) in [4.78, 5) is 45.8. The molecule has 3 fully saturated rings. The monoisotopic (exact) mass is 676 g/mol. The number of fused-ring (bicyclic) bond motifs is 5. The van der Waals surface area contributed by atoms with Gasteiger partial charge in [0.1, 0.15) is 54.2 Å². The van der Waals surface area contributed by atoms with Gasteiger partial charge in [0.2, 0.25) is 0 Å². The van der Waals surface area contributed by atoms with E-state index < -0.39 is 76.9 Å². The predicted molar refractivity (Wildman–Crippen MR) is 146 cm³/mol. The molecule has 3 aliphatic heterocycles. The van der Waals surface area contributed by atoms with E-state index in [1.54, 1.807) is 0 Å². The molecule has 4 aromatic rings. The van der Waals surface area contributed by atoms with Crippen LogP contribution in [0.1, 0.15) is 12.5 Å². The highest BCUT2D eigenvalue weighted by atomic mass is 32.5. The molecule has 0 amide bonds. The number of hydrogen-bond acceptors (Lipinski definition) is 17. The third-order valence-corrected chi connectivity index (χ3v) is 9.76. The highest BCUT2D eigenvalue weighted by Crippen LogP contribution is 2.54. The smallest absolute Gasteiger partial charge is 0.387 e. The van der Waals surface area contributed by atoms with Gasteiger partial charge in [-0.15, -0.1) is 0 Å². The minimum absolute atomic E-state index is 0.0348.